The Balaban J connectivity index is 4.27. The zero-order valence-corrected chi connectivity index (χ0v) is 53.9. The maximum absolute atomic E-state index is 12.9. The van der Waals surface area contributed by atoms with Gasteiger partial charge in [0.25, 0.3) is 0 Å². The Labute approximate surface area is 512 Å². The molecule has 0 aliphatic rings. The average molecular weight is 1150 g/mol. The van der Waals surface area contributed by atoms with Gasteiger partial charge in [0.15, 0.2) is 6.10 Å². The van der Waals surface area contributed by atoms with Crippen molar-refractivity contribution in [3.05, 3.63) is 146 Å². The van der Waals surface area contributed by atoms with Gasteiger partial charge in [-0.25, -0.2) is 0 Å². The molecule has 0 saturated heterocycles. The van der Waals surface area contributed by atoms with Crippen LogP contribution >= 0.6 is 0 Å². The fourth-order valence-electron chi connectivity index (χ4n) is 9.26. The minimum absolute atomic E-state index is 0.117. The van der Waals surface area contributed by atoms with Crippen molar-refractivity contribution in [2.24, 2.45) is 0 Å². The number of hydrogen-bond acceptors (Lipinski definition) is 6. The molecule has 0 bridgehead atoms. The van der Waals surface area contributed by atoms with Crippen molar-refractivity contribution in [3.8, 4) is 0 Å². The van der Waals surface area contributed by atoms with Gasteiger partial charge in [0.1, 0.15) is 13.2 Å². The second kappa shape index (κ2) is 69.8. The molecule has 1 unspecified atom stereocenters. The second-order valence-electron chi connectivity index (χ2n) is 22.3. The van der Waals surface area contributed by atoms with E-state index in [9.17, 15) is 14.4 Å². The van der Waals surface area contributed by atoms with Gasteiger partial charge in [-0.3, -0.25) is 14.4 Å². The first-order valence-electron chi connectivity index (χ1n) is 34.3. The Hall–Kier alpha value is -4.71. The minimum Gasteiger partial charge on any atom is -0.462 e. The van der Waals surface area contributed by atoms with E-state index in [0.29, 0.717) is 19.3 Å². The van der Waals surface area contributed by atoms with Gasteiger partial charge in [0, 0.05) is 19.3 Å². The van der Waals surface area contributed by atoms with E-state index in [1.807, 2.05) is 6.08 Å². The Morgan fingerprint density at radius 1 is 0.253 bits per heavy atom. The molecule has 6 heteroatoms. The van der Waals surface area contributed by atoms with Crippen LogP contribution in [0.2, 0.25) is 0 Å². The van der Waals surface area contributed by atoms with Crippen LogP contribution in [0.3, 0.4) is 0 Å². The highest BCUT2D eigenvalue weighted by Crippen LogP contribution is 2.16. The van der Waals surface area contributed by atoms with Gasteiger partial charge in [-0.15, -0.1) is 0 Å². The van der Waals surface area contributed by atoms with Crippen LogP contribution in [0.1, 0.15) is 303 Å². The summed E-state index contributed by atoms with van der Waals surface area (Å²) in [6.45, 7) is 6.32. The molecule has 0 spiro atoms. The topological polar surface area (TPSA) is 78.9 Å². The summed E-state index contributed by atoms with van der Waals surface area (Å²) in [6.07, 6.45) is 100. The Morgan fingerprint density at radius 3 is 0.819 bits per heavy atom. The molecule has 0 aliphatic heterocycles. The highest BCUT2D eigenvalue weighted by molar-refractivity contribution is 5.71. The van der Waals surface area contributed by atoms with Gasteiger partial charge in [-0.05, 0) is 128 Å². The molecular formula is C77H126O6. The van der Waals surface area contributed by atoms with E-state index in [2.05, 4.69) is 161 Å². The van der Waals surface area contributed by atoms with Crippen LogP contribution in [0.25, 0.3) is 0 Å². The van der Waals surface area contributed by atoms with Crippen molar-refractivity contribution in [1.82, 2.24) is 0 Å². The molecule has 0 rings (SSSR count). The van der Waals surface area contributed by atoms with Gasteiger partial charge in [-0.1, -0.05) is 301 Å². The molecule has 0 radical (unpaired) electrons. The van der Waals surface area contributed by atoms with E-state index in [1.54, 1.807) is 0 Å². The lowest BCUT2D eigenvalue weighted by Gasteiger charge is -2.18. The normalized spacial score (nSPS) is 13.0. The Bertz CT molecular complexity index is 1800. The maximum atomic E-state index is 12.9. The largest absolute Gasteiger partial charge is 0.462 e. The first-order valence-corrected chi connectivity index (χ1v) is 34.3. The van der Waals surface area contributed by atoms with Crippen molar-refractivity contribution < 1.29 is 28.6 Å². The number of allylic oxidation sites excluding steroid dienone is 24. The van der Waals surface area contributed by atoms with Crippen molar-refractivity contribution in [3.63, 3.8) is 0 Å². The van der Waals surface area contributed by atoms with Crippen molar-refractivity contribution in [2.45, 2.75) is 309 Å². The predicted octanol–water partition coefficient (Wildman–Crippen LogP) is 23.9. The third-order valence-electron chi connectivity index (χ3n) is 14.3. The zero-order valence-electron chi connectivity index (χ0n) is 53.9. The molecule has 470 valence electrons. The maximum Gasteiger partial charge on any atom is 0.306 e. The molecule has 0 N–H and O–H groups in total. The Morgan fingerprint density at radius 2 is 0.494 bits per heavy atom. The fraction of sp³-hybridized carbons (Fsp3) is 0.649. The SMILES string of the molecule is CC/C=C\C/C=C\C/C=C\C/C=C\C/C=C\CCCCCC(=O)OC(COC(=O)CC/C=C\C/C=C\C/C=C\C/C=C\CC)COC(=O)CCCCCCCCCCCCCCCCCCCC/C=C\C/C=C\C/C=C\CCCCCCC. The lowest BCUT2D eigenvalue weighted by Crippen LogP contribution is -2.30. The molecule has 0 aromatic carbocycles. The van der Waals surface area contributed by atoms with Crippen molar-refractivity contribution in [2.75, 3.05) is 13.2 Å². The highest BCUT2D eigenvalue weighted by Gasteiger charge is 2.19. The van der Waals surface area contributed by atoms with Crippen LogP contribution in [0.4, 0.5) is 0 Å². The van der Waals surface area contributed by atoms with Gasteiger partial charge in [0.2, 0.25) is 0 Å². The summed E-state index contributed by atoms with van der Waals surface area (Å²) < 4.78 is 16.8. The number of esters is 3. The van der Waals surface area contributed by atoms with Gasteiger partial charge < -0.3 is 14.2 Å². The van der Waals surface area contributed by atoms with E-state index in [1.165, 1.54) is 141 Å². The molecule has 0 heterocycles. The van der Waals surface area contributed by atoms with Gasteiger partial charge >= 0.3 is 17.9 Å². The molecule has 0 fully saturated rings. The minimum atomic E-state index is -0.830. The molecule has 0 aromatic rings. The van der Waals surface area contributed by atoms with E-state index >= 15 is 0 Å². The summed E-state index contributed by atoms with van der Waals surface area (Å²) in [7, 11) is 0. The Kier molecular flexibility index (Phi) is 65.8. The number of hydrogen-bond donors (Lipinski definition) is 0. The predicted molar refractivity (Wildman–Crippen MR) is 362 cm³/mol. The van der Waals surface area contributed by atoms with Gasteiger partial charge in [0.05, 0.1) is 0 Å². The van der Waals surface area contributed by atoms with Crippen LogP contribution in [-0.4, -0.2) is 37.2 Å². The van der Waals surface area contributed by atoms with Crippen LogP contribution in [0, 0.1) is 0 Å². The van der Waals surface area contributed by atoms with E-state index in [0.717, 1.165) is 109 Å². The zero-order chi connectivity index (χ0) is 59.9. The smallest absolute Gasteiger partial charge is 0.306 e. The third kappa shape index (κ3) is 68.0. The number of carbonyl (C=O) groups excluding carboxylic acids is 3. The lowest BCUT2D eigenvalue weighted by atomic mass is 10.0. The second-order valence-corrected chi connectivity index (χ2v) is 22.3. The van der Waals surface area contributed by atoms with Crippen LogP contribution < -0.4 is 0 Å². The number of rotatable bonds is 61. The molecular weight excluding hydrogens is 1020 g/mol. The summed E-state index contributed by atoms with van der Waals surface area (Å²) in [5, 5.41) is 0. The first kappa shape index (κ1) is 78.3. The molecule has 6 nitrogen and oxygen atoms in total. The first-order chi connectivity index (χ1) is 41.0. The number of carbonyl (C=O) groups is 3. The highest BCUT2D eigenvalue weighted by atomic mass is 16.6. The van der Waals surface area contributed by atoms with E-state index in [-0.39, 0.29) is 44.0 Å². The summed E-state index contributed by atoms with van der Waals surface area (Å²) in [6, 6.07) is 0. The fourth-order valence-corrected chi connectivity index (χ4v) is 9.26. The summed E-state index contributed by atoms with van der Waals surface area (Å²) in [5.41, 5.74) is 0. The van der Waals surface area contributed by atoms with E-state index < -0.39 is 6.10 Å². The summed E-state index contributed by atoms with van der Waals surface area (Å²) >= 11 is 0. The number of ether oxygens (including phenoxy) is 3. The summed E-state index contributed by atoms with van der Waals surface area (Å²) in [4.78, 5) is 38.3. The molecule has 0 aliphatic carbocycles. The average Bonchev–Trinajstić information content (AvgIpc) is 3.49. The van der Waals surface area contributed by atoms with Crippen LogP contribution in [0.15, 0.2) is 146 Å². The van der Waals surface area contributed by atoms with Crippen LogP contribution in [-0.2, 0) is 28.6 Å². The van der Waals surface area contributed by atoms with Crippen LogP contribution in [0.5, 0.6) is 0 Å². The van der Waals surface area contributed by atoms with E-state index in [4.69, 9.17) is 14.2 Å². The quantitative estimate of drug-likeness (QED) is 0.0261. The number of unbranched alkanes of at least 4 members (excludes halogenated alkanes) is 26. The molecule has 0 saturated carbocycles. The van der Waals surface area contributed by atoms with Crippen molar-refractivity contribution >= 4 is 17.9 Å². The standard InChI is InChI=1S/C77H126O6/c1-4-7-10-13-16-19-22-25-27-29-31-32-33-34-35-36-37-38-39-40-41-42-43-44-46-47-49-52-55-58-61-64-67-70-76(79)82-73-74(72-81-75(78)69-66-63-60-57-54-51-24-21-18-15-12-9-6-3)83-77(80)71-68-65-62-59-56-53-50-48-45-30-28-26-23-20-17-14-11-8-5-2/h8-9,11-12,17-18,20-22,25-26,28-29,31,33-34,45,48,51,53-54,56,60,63,74H,4-7,10,13-16,19,23-24,27,30,32,35-44,46-47,49-50,52,55,57-59,61-62,64-73H2,1-3H3/b11-8-,12-9-,20-17-,21-18-,25-22-,28-26-,31-29-,34-33-,48-45-,54-51-,56-53-,63-60-. The molecule has 83 heavy (non-hydrogen) atoms. The molecule has 0 aromatic heterocycles. The lowest BCUT2D eigenvalue weighted by molar-refractivity contribution is -0.166. The molecule has 1 atom stereocenters. The van der Waals surface area contributed by atoms with Gasteiger partial charge in [-0.2, -0.15) is 0 Å². The third-order valence-corrected chi connectivity index (χ3v) is 14.3. The van der Waals surface area contributed by atoms with Crippen molar-refractivity contribution in [1.29, 1.82) is 0 Å². The summed E-state index contributed by atoms with van der Waals surface area (Å²) in [5.74, 6) is -1.03. The molecule has 0 amide bonds. The monoisotopic (exact) mass is 1150 g/mol.